The molecule has 1 N–H and O–H groups in total. The highest BCUT2D eigenvalue weighted by Gasteiger charge is 2.60. The summed E-state index contributed by atoms with van der Waals surface area (Å²) >= 11 is 3.52. The molecule has 0 aliphatic carbocycles. The summed E-state index contributed by atoms with van der Waals surface area (Å²) in [5, 5.41) is 3.04. The van der Waals surface area contributed by atoms with Crippen molar-refractivity contribution in [2.75, 3.05) is 11.4 Å². The molecule has 2 atom stereocenters. The summed E-state index contributed by atoms with van der Waals surface area (Å²) < 4.78 is 0.877. The second-order valence-corrected chi connectivity index (χ2v) is 8.34. The standard InChI is InChI=1S/C23H22BrN3O3/c1-3-14-26-21(29)17-9-5-7-11-19(17)27-20(28)12-13-23(26,27)22(30)25-15(2)16-8-4-6-10-18(16)24/h3-11,15H,1,12-14H2,2H3,(H,25,30)/t15-,23-/m1/s1. The number of para-hydroxylation sites is 1. The molecule has 0 aromatic heterocycles. The summed E-state index contributed by atoms with van der Waals surface area (Å²) in [7, 11) is 0. The summed E-state index contributed by atoms with van der Waals surface area (Å²) in [6, 6.07) is 14.2. The third-order valence-corrected chi connectivity index (χ3v) is 6.49. The Kier molecular flexibility index (Phi) is 5.24. The first-order valence-electron chi connectivity index (χ1n) is 9.82. The molecule has 0 radical (unpaired) electrons. The van der Waals surface area contributed by atoms with Gasteiger partial charge in [0.05, 0.1) is 17.3 Å². The van der Waals surface area contributed by atoms with E-state index < -0.39 is 5.66 Å². The number of carbonyl (C=O) groups is 3. The molecule has 2 aliphatic heterocycles. The van der Waals surface area contributed by atoms with Gasteiger partial charge in [0, 0.05) is 23.9 Å². The largest absolute Gasteiger partial charge is 0.346 e. The van der Waals surface area contributed by atoms with Crippen LogP contribution in [0, 0.1) is 0 Å². The van der Waals surface area contributed by atoms with E-state index in [1.165, 1.54) is 9.80 Å². The minimum atomic E-state index is -1.41. The van der Waals surface area contributed by atoms with Gasteiger partial charge in [0.2, 0.25) is 11.6 Å². The number of anilines is 1. The highest BCUT2D eigenvalue weighted by atomic mass is 79.9. The third-order valence-electron chi connectivity index (χ3n) is 5.77. The lowest BCUT2D eigenvalue weighted by molar-refractivity contribution is -0.134. The predicted octanol–water partition coefficient (Wildman–Crippen LogP) is 3.79. The van der Waals surface area contributed by atoms with Gasteiger partial charge < -0.3 is 10.2 Å². The predicted molar refractivity (Wildman–Crippen MR) is 118 cm³/mol. The Morgan fingerprint density at radius 3 is 2.67 bits per heavy atom. The van der Waals surface area contributed by atoms with Crippen LogP contribution < -0.4 is 10.2 Å². The first kappa shape index (κ1) is 20.3. The number of hydrogen-bond donors (Lipinski definition) is 1. The van der Waals surface area contributed by atoms with E-state index in [0.717, 1.165) is 10.0 Å². The molecule has 1 saturated heterocycles. The summed E-state index contributed by atoms with van der Waals surface area (Å²) in [6.07, 6.45) is 2.00. The van der Waals surface area contributed by atoms with Crippen molar-refractivity contribution in [1.82, 2.24) is 10.2 Å². The van der Waals surface area contributed by atoms with E-state index >= 15 is 0 Å². The van der Waals surface area contributed by atoms with Crippen molar-refractivity contribution < 1.29 is 14.4 Å². The van der Waals surface area contributed by atoms with Crippen molar-refractivity contribution in [1.29, 1.82) is 0 Å². The Bertz CT molecular complexity index is 1050. The molecule has 0 spiro atoms. The summed E-state index contributed by atoms with van der Waals surface area (Å²) in [6.45, 7) is 5.80. The van der Waals surface area contributed by atoms with Gasteiger partial charge in [-0.15, -0.1) is 6.58 Å². The highest BCUT2D eigenvalue weighted by molar-refractivity contribution is 9.10. The van der Waals surface area contributed by atoms with Crippen LogP contribution in [0.3, 0.4) is 0 Å². The highest BCUT2D eigenvalue weighted by Crippen LogP contribution is 2.44. The lowest BCUT2D eigenvalue weighted by Gasteiger charge is -2.49. The SMILES string of the molecule is C=CCN1C(=O)c2ccccc2N2C(=O)CC[C@@]12C(=O)N[C@H](C)c1ccccc1Br. The molecule has 1 fully saturated rings. The Labute approximate surface area is 183 Å². The van der Waals surface area contributed by atoms with Crippen molar-refractivity contribution in [3.05, 3.63) is 76.8 Å². The second-order valence-electron chi connectivity index (χ2n) is 7.48. The van der Waals surface area contributed by atoms with Crippen LogP contribution in [0.1, 0.15) is 41.7 Å². The van der Waals surface area contributed by atoms with Gasteiger partial charge >= 0.3 is 0 Å². The first-order chi connectivity index (χ1) is 14.4. The molecular formula is C23H22BrN3O3. The van der Waals surface area contributed by atoms with E-state index in [1.54, 1.807) is 30.3 Å². The molecular weight excluding hydrogens is 446 g/mol. The van der Waals surface area contributed by atoms with Crippen LogP contribution in [-0.2, 0) is 9.59 Å². The molecule has 3 amide bonds. The number of nitrogens with zero attached hydrogens (tertiary/aromatic N) is 2. The van der Waals surface area contributed by atoms with Gasteiger partial charge in [0.25, 0.3) is 11.8 Å². The Balaban J connectivity index is 1.79. The fourth-order valence-electron chi connectivity index (χ4n) is 4.38. The lowest BCUT2D eigenvalue weighted by Crippen LogP contribution is -2.70. The Hall–Kier alpha value is -2.93. The summed E-state index contributed by atoms with van der Waals surface area (Å²) in [5.41, 5.74) is 0.397. The van der Waals surface area contributed by atoms with Crippen LogP contribution in [0.2, 0.25) is 0 Å². The van der Waals surface area contributed by atoms with Crippen molar-refractivity contribution in [2.45, 2.75) is 31.5 Å². The molecule has 154 valence electrons. The molecule has 2 aromatic rings. The normalized spacial score (nSPS) is 21.1. The maximum atomic E-state index is 13.7. The number of amides is 3. The van der Waals surface area contributed by atoms with Gasteiger partial charge in [0.15, 0.2) is 0 Å². The van der Waals surface area contributed by atoms with Gasteiger partial charge in [-0.3, -0.25) is 19.3 Å². The molecule has 0 bridgehead atoms. The number of halogens is 1. The molecule has 2 aliphatic rings. The third kappa shape index (κ3) is 2.96. The van der Waals surface area contributed by atoms with Crippen LogP contribution in [-0.4, -0.2) is 34.8 Å². The van der Waals surface area contributed by atoms with E-state index in [9.17, 15) is 14.4 Å². The van der Waals surface area contributed by atoms with Gasteiger partial charge in [0.1, 0.15) is 0 Å². The van der Waals surface area contributed by atoms with Crippen LogP contribution >= 0.6 is 15.9 Å². The van der Waals surface area contributed by atoms with Crippen LogP contribution in [0.4, 0.5) is 5.69 Å². The summed E-state index contributed by atoms with van der Waals surface area (Å²) in [5.74, 6) is -0.825. The zero-order valence-electron chi connectivity index (χ0n) is 16.6. The van der Waals surface area contributed by atoms with Crippen molar-refractivity contribution >= 4 is 39.3 Å². The zero-order valence-corrected chi connectivity index (χ0v) is 18.2. The van der Waals surface area contributed by atoms with Crippen molar-refractivity contribution in [2.24, 2.45) is 0 Å². The number of benzene rings is 2. The van der Waals surface area contributed by atoms with Gasteiger partial charge in [-0.1, -0.05) is 52.3 Å². The number of hydrogen-bond acceptors (Lipinski definition) is 3. The average Bonchev–Trinajstić information content (AvgIpc) is 3.09. The van der Waals surface area contributed by atoms with Crippen molar-refractivity contribution in [3.63, 3.8) is 0 Å². The second kappa shape index (κ2) is 7.72. The first-order valence-corrected chi connectivity index (χ1v) is 10.6. The zero-order chi connectivity index (χ0) is 21.5. The fraction of sp³-hybridized carbons (Fsp3) is 0.261. The quantitative estimate of drug-likeness (QED) is 0.679. The van der Waals surface area contributed by atoms with Crippen LogP contribution in [0.5, 0.6) is 0 Å². The topological polar surface area (TPSA) is 69.7 Å². The van der Waals surface area contributed by atoms with E-state index in [2.05, 4.69) is 27.8 Å². The van der Waals surface area contributed by atoms with Crippen LogP contribution in [0.15, 0.2) is 65.7 Å². The van der Waals surface area contributed by atoms with E-state index in [1.807, 2.05) is 31.2 Å². The number of fused-ring (bicyclic) bond motifs is 3. The Morgan fingerprint density at radius 1 is 1.23 bits per heavy atom. The van der Waals surface area contributed by atoms with E-state index in [0.29, 0.717) is 11.3 Å². The maximum Gasteiger partial charge on any atom is 0.267 e. The van der Waals surface area contributed by atoms with Gasteiger partial charge in [-0.25, -0.2) is 0 Å². The van der Waals surface area contributed by atoms with Gasteiger partial charge in [-0.2, -0.15) is 0 Å². The van der Waals surface area contributed by atoms with Gasteiger partial charge in [-0.05, 0) is 30.7 Å². The van der Waals surface area contributed by atoms with Crippen LogP contribution in [0.25, 0.3) is 0 Å². The monoisotopic (exact) mass is 467 g/mol. The molecule has 6 nitrogen and oxygen atoms in total. The van der Waals surface area contributed by atoms with Crippen molar-refractivity contribution in [3.8, 4) is 0 Å². The Morgan fingerprint density at radius 2 is 1.93 bits per heavy atom. The average molecular weight is 468 g/mol. The maximum absolute atomic E-state index is 13.7. The fourth-order valence-corrected chi connectivity index (χ4v) is 5.01. The minimum Gasteiger partial charge on any atom is -0.346 e. The molecule has 0 saturated carbocycles. The number of nitrogens with one attached hydrogen (secondary N) is 1. The number of rotatable bonds is 5. The minimum absolute atomic E-state index is 0.160. The molecule has 7 heteroatoms. The molecule has 2 heterocycles. The molecule has 2 aromatic carbocycles. The smallest absolute Gasteiger partial charge is 0.267 e. The number of carbonyl (C=O) groups excluding carboxylic acids is 3. The van der Waals surface area contributed by atoms with E-state index in [4.69, 9.17) is 0 Å². The van der Waals surface area contributed by atoms with E-state index in [-0.39, 0.29) is 43.1 Å². The lowest BCUT2D eigenvalue weighted by atomic mass is 9.95. The summed E-state index contributed by atoms with van der Waals surface area (Å²) in [4.78, 5) is 42.9. The molecule has 0 unspecified atom stereocenters. The molecule has 30 heavy (non-hydrogen) atoms. The molecule has 4 rings (SSSR count).